The smallest absolute Gasteiger partial charge is 0.321 e. The third-order valence-electron chi connectivity index (χ3n) is 2.44. The van der Waals surface area contributed by atoms with Crippen LogP contribution in [0.1, 0.15) is 18.9 Å². The molecule has 0 aliphatic rings. The van der Waals surface area contributed by atoms with Gasteiger partial charge in [0.05, 0.1) is 4.90 Å². The summed E-state index contributed by atoms with van der Waals surface area (Å²) in [6.07, 6.45) is 0.161. The zero-order chi connectivity index (χ0) is 13.9. The number of aliphatic carboxylic acids is 1. The fourth-order valence-electron chi connectivity index (χ4n) is 1.42. The van der Waals surface area contributed by atoms with Crippen molar-refractivity contribution >= 4 is 27.6 Å². The van der Waals surface area contributed by atoms with Crippen molar-refractivity contribution in [3.63, 3.8) is 0 Å². The highest BCUT2D eigenvalue weighted by Gasteiger charge is 2.25. The molecular weight excluding hydrogens is 278 g/mol. The molecule has 100 valence electrons. The van der Waals surface area contributed by atoms with Crippen molar-refractivity contribution in [1.29, 1.82) is 0 Å². The Morgan fingerprint density at radius 3 is 2.61 bits per heavy atom. The molecule has 0 heterocycles. The Kier molecular flexibility index (Phi) is 4.72. The van der Waals surface area contributed by atoms with Gasteiger partial charge in [0.15, 0.2) is 0 Å². The number of hydrogen-bond acceptors (Lipinski definition) is 3. The average Bonchev–Trinajstić information content (AvgIpc) is 2.28. The molecule has 1 atom stereocenters. The molecule has 0 aliphatic heterocycles. The molecule has 0 amide bonds. The van der Waals surface area contributed by atoms with Gasteiger partial charge in [-0.3, -0.25) is 4.79 Å². The van der Waals surface area contributed by atoms with Crippen LogP contribution in [0, 0.1) is 6.92 Å². The number of rotatable bonds is 5. The molecule has 0 bridgehead atoms. The average molecular weight is 292 g/mol. The number of hydrogen-bond donors (Lipinski definition) is 2. The lowest BCUT2D eigenvalue weighted by molar-refractivity contribution is -0.139. The predicted molar refractivity (Wildman–Crippen MR) is 68.2 cm³/mol. The Morgan fingerprint density at radius 1 is 1.50 bits per heavy atom. The van der Waals surface area contributed by atoms with Gasteiger partial charge in [-0.1, -0.05) is 24.6 Å². The van der Waals surface area contributed by atoms with Gasteiger partial charge in [-0.2, -0.15) is 4.72 Å². The predicted octanol–water partition coefficient (Wildman–Crippen LogP) is 1.79. The molecule has 1 aromatic rings. The van der Waals surface area contributed by atoms with Crippen LogP contribution in [0.2, 0.25) is 5.02 Å². The lowest BCUT2D eigenvalue weighted by atomic mass is 10.2. The Labute approximate surface area is 111 Å². The fourth-order valence-corrected chi connectivity index (χ4v) is 3.20. The maximum atomic E-state index is 12.0. The van der Waals surface area contributed by atoms with E-state index in [4.69, 9.17) is 16.7 Å². The summed E-state index contributed by atoms with van der Waals surface area (Å²) in [5.74, 6) is -1.21. The summed E-state index contributed by atoms with van der Waals surface area (Å²) in [5.41, 5.74) is 0.507. The van der Waals surface area contributed by atoms with Gasteiger partial charge in [0.2, 0.25) is 10.0 Å². The Morgan fingerprint density at radius 2 is 2.11 bits per heavy atom. The van der Waals surface area contributed by atoms with Crippen LogP contribution < -0.4 is 4.72 Å². The number of aryl methyl sites for hydroxylation is 1. The van der Waals surface area contributed by atoms with E-state index < -0.39 is 22.0 Å². The SMILES string of the molecule is CCC(NS(=O)(=O)c1cc(Cl)ccc1C)C(=O)O. The second kappa shape index (κ2) is 5.69. The molecule has 0 fully saturated rings. The summed E-state index contributed by atoms with van der Waals surface area (Å²) in [5, 5.41) is 9.14. The van der Waals surface area contributed by atoms with E-state index in [-0.39, 0.29) is 16.3 Å². The van der Waals surface area contributed by atoms with Crippen LogP contribution in [0.5, 0.6) is 0 Å². The van der Waals surface area contributed by atoms with E-state index in [1.165, 1.54) is 6.07 Å². The van der Waals surface area contributed by atoms with E-state index in [0.29, 0.717) is 5.56 Å². The molecule has 1 aromatic carbocycles. The molecule has 2 N–H and O–H groups in total. The summed E-state index contributed by atoms with van der Waals surface area (Å²) in [7, 11) is -3.89. The van der Waals surface area contributed by atoms with Crippen molar-refractivity contribution in [1.82, 2.24) is 4.72 Å². The molecule has 1 rings (SSSR count). The number of carboxylic acids is 1. The minimum atomic E-state index is -3.89. The highest BCUT2D eigenvalue weighted by Crippen LogP contribution is 2.20. The highest BCUT2D eigenvalue weighted by molar-refractivity contribution is 7.89. The van der Waals surface area contributed by atoms with Crippen molar-refractivity contribution in [3.05, 3.63) is 28.8 Å². The van der Waals surface area contributed by atoms with Crippen molar-refractivity contribution in [2.75, 3.05) is 0 Å². The van der Waals surface area contributed by atoms with Crippen LogP contribution in [-0.2, 0) is 14.8 Å². The third kappa shape index (κ3) is 3.44. The molecule has 0 saturated carbocycles. The number of sulfonamides is 1. The zero-order valence-corrected chi connectivity index (χ0v) is 11.5. The van der Waals surface area contributed by atoms with E-state index in [0.717, 1.165) is 0 Å². The van der Waals surface area contributed by atoms with Gasteiger partial charge in [0.1, 0.15) is 6.04 Å². The summed E-state index contributed by atoms with van der Waals surface area (Å²) >= 11 is 5.75. The van der Waals surface area contributed by atoms with Gasteiger partial charge in [-0.25, -0.2) is 8.42 Å². The van der Waals surface area contributed by atoms with E-state index in [2.05, 4.69) is 4.72 Å². The van der Waals surface area contributed by atoms with Gasteiger partial charge in [-0.05, 0) is 31.0 Å². The first kappa shape index (κ1) is 14.9. The third-order valence-corrected chi connectivity index (χ3v) is 4.29. The molecule has 0 radical (unpaired) electrons. The first-order valence-electron chi connectivity index (χ1n) is 5.29. The molecule has 0 saturated heterocycles. The quantitative estimate of drug-likeness (QED) is 0.866. The largest absolute Gasteiger partial charge is 0.480 e. The Bertz CT molecular complexity index is 556. The van der Waals surface area contributed by atoms with Gasteiger partial charge in [0.25, 0.3) is 0 Å². The molecule has 18 heavy (non-hydrogen) atoms. The maximum absolute atomic E-state index is 12.0. The fraction of sp³-hybridized carbons (Fsp3) is 0.364. The van der Waals surface area contributed by atoms with Crippen LogP contribution in [0.25, 0.3) is 0 Å². The number of halogens is 1. The van der Waals surface area contributed by atoms with Crippen molar-refractivity contribution < 1.29 is 18.3 Å². The lowest BCUT2D eigenvalue weighted by Gasteiger charge is -2.14. The number of nitrogens with one attached hydrogen (secondary N) is 1. The van der Waals surface area contributed by atoms with E-state index >= 15 is 0 Å². The standard InChI is InChI=1S/C11H14ClNO4S/c1-3-9(11(14)15)13-18(16,17)10-6-8(12)5-4-7(10)2/h4-6,9,13H,3H2,1-2H3,(H,14,15). The van der Waals surface area contributed by atoms with Crippen LogP contribution >= 0.6 is 11.6 Å². The van der Waals surface area contributed by atoms with Gasteiger partial charge in [0, 0.05) is 5.02 Å². The van der Waals surface area contributed by atoms with Gasteiger partial charge < -0.3 is 5.11 Å². The summed E-state index contributed by atoms with van der Waals surface area (Å²) in [4.78, 5) is 10.8. The van der Waals surface area contributed by atoms with E-state index in [1.54, 1.807) is 26.0 Å². The van der Waals surface area contributed by atoms with Crippen molar-refractivity contribution in [3.8, 4) is 0 Å². The molecule has 7 heteroatoms. The monoisotopic (exact) mass is 291 g/mol. The molecule has 5 nitrogen and oxygen atoms in total. The first-order chi connectivity index (χ1) is 8.27. The van der Waals surface area contributed by atoms with Gasteiger partial charge in [-0.15, -0.1) is 0 Å². The van der Waals surface area contributed by atoms with Crippen LogP contribution in [0.3, 0.4) is 0 Å². The van der Waals surface area contributed by atoms with Gasteiger partial charge >= 0.3 is 5.97 Å². The molecule has 0 aromatic heterocycles. The second-order valence-electron chi connectivity index (χ2n) is 3.83. The lowest BCUT2D eigenvalue weighted by Crippen LogP contribution is -2.40. The summed E-state index contributed by atoms with van der Waals surface area (Å²) < 4.78 is 26.2. The highest BCUT2D eigenvalue weighted by atomic mass is 35.5. The summed E-state index contributed by atoms with van der Waals surface area (Å²) in [6, 6.07) is 3.30. The number of carbonyl (C=O) groups is 1. The van der Waals surface area contributed by atoms with Crippen molar-refractivity contribution in [2.45, 2.75) is 31.2 Å². The first-order valence-corrected chi connectivity index (χ1v) is 7.15. The van der Waals surface area contributed by atoms with Crippen LogP contribution in [0.4, 0.5) is 0 Å². The minimum absolute atomic E-state index is 0.00491. The minimum Gasteiger partial charge on any atom is -0.480 e. The molecular formula is C11H14ClNO4S. The Balaban J connectivity index is 3.14. The van der Waals surface area contributed by atoms with Crippen LogP contribution in [0.15, 0.2) is 23.1 Å². The number of carboxylic acid groups (broad SMARTS) is 1. The second-order valence-corrected chi connectivity index (χ2v) is 5.95. The maximum Gasteiger partial charge on any atom is 0.321 e. The van der Waals surface area contributed by atoms with E-state index in [1.807, 2.05) is 0 Å². The Hall–Kier alpha value is -1.11. The molecule has 0 spiro atoms. The zero-order valence-electron chi connectivity index (χ0n) is 9.97. The van der Waals surface area contributed by atoms with Crippen LogP contribution in [-0.4, -0.2) is 25.5 Å². The molecule has 0 aliphatic carbocycles. The van der Waals surface area contributed by atoms with E-state index in [9.17, 15) is 13.2 Å². The normalized spacial score (nSPS) is 13.3. The van der Waals surface area contributed by atoms with Crippen molar-refractivity contribution in [2.24, 2.45) is 0 Å². The summed E-state index contributed by atoms with van der Waals surface area (Å²) in [6.45, 7) is 3.21. The molecule has 1 unspecified atom stereocenters. The topological polar surface area (TPSA) is 83.5 Å². The number of benzene rings is 1.